The Bertz CT molecular complexity index is 765. The molecule has 0 N–H and O–H groups in total. The second-order valence-corrected chi connectivity index (χ2v) is 6.22. The highest BCUT2D eigenvalue weighted by molar-refractivity contribution is 5.81. The van der Waals surface area contributed by atoms with E-state index in [9.17, 15) is 5.26 Å². The van der Waals surface area contributed by atoms with E-state index >= 15 is 0 Å². The van der Waals surface area contributed by atoms with Crippen LogP contribution in [0.2, 0.25) is 0 Å². The van der Waals surface area contributed by atoms with Crippen LogP contribution < -0.4 is 0 Å². The van der Waals surface area contributed by atoms with E-state index in [1.54, 1.807) is 0 Å². The number of hydrogen-bond acceptors (Lipinski definition) is 3. The number of ether oxygens (including phenoxy) is 1. The summed E-state index contributed by atoms with van der Waals surface area (Å²) in [5.74, 6) is 0. The van der Waals surface area contributed by atoms with E-state index < -0.39 is 0 Å². The molecule has 0 atom stereocenters. The van der Waals surface area contributed by atoms with Crippen LogP contribution in [0.25, 0.3) is 5.57 Å². The molecular formula is C21H22N2O. The molecule has 0 aliphatic carbocycles. The van der Waals surface area contributed by atoms with E-state index in [-0.39, 0.29) is 0 Å². The van der Waals surface area contributed by atoms with Gasteiger partial charge in [0.05, 0.1) is 24.8 Å². The summed E-state index contributed by atoms with van der Waals surface area (Å²) in [6, 6.07) is 16.7. The molecule has 2 aromatic carbocycles. The van der Waals surface area contributed by atoms with Crippen molar-refractivity contribution in [3.8, 4) is 6.07 Å². The summed E-state index contributed by atoms with van der Waals surface area (Å²) in [5.41, 5.74) is 5.91. The number of hydrogen-bond donors (Lipinski definition) is 0. The molecule has 1 aliphatic rings. The number of nitriles is 1. The molecule has 3 nitrogen and oxygen atoms in total. The Balaban J connectivity index is 1.75. The largest absolute Gasteiger partial charge is 0.379 e. The molecule has 0 aromatic heterocycles. The molecule has 0 spiro atoms. The quantitative estimate of drug-likeness (QED) is 0.861. The third-order valence-electron chi connectivity index (χ3n) is 4.43. The average Bonchev–Trinajstić information content (AvgIpc) is 2.62. The van der Waals surface area contributed by atoms with Gasteiger partial charge in [0.2, 0.25) is 0 Å². The Morgan fingerprint density at radius 1 is 1.17 bits per heavy atom. The minimum absolute atomic E-state index is 0.678. The number of aryl methyl sites for hydroxylation is 1. The Kier molecular flexibility index (Phi) is 5.10. The van der Waals surface area contributed by atoms with Gasteiger partial charge in [0, 0.05) is 19.6 Å². The lowest BCUT2D eigenvalue weighted by atomic mass is 9.94. The molecule has 122 valence electrons. The summed E-state index contributed by atoms with van der Waals surface area (Å²) in [4.78, 5) is 2.40. The van der Waals surface area contributed by atoms with E-state index in [2.05, 4.69) is 41.8 Å². The molecule has 1 aliphatic heterocycles. The topological polar surface area (TPSA) is 36.3 Å². The van der Waals surface area contributed by atoms with Gasteiger partial charge in [-0.3, -0.25) is 4.90 Å². The second-order valence-electron chi connectivity index (χ2n) is 6.22. The smallest absolute Gasteiger partial charge is 0.0998 e. The van der Waals surface area contributed by atoms with Crippen LogP contribution in [-0.2, 0) is 11.3 Å². The summed E-state index contributed by atoms with van der Waals surface area (Å²) in [7, 11) is 0. The Morgan fingerprint density at radius 3 is 2.54 bits per heavy atom. The van der Waals surface area contributed by atoms with Crippen molar-refractivity contribution in [3.05, 3.63) is 76.9 Å². The summed E-state index contributed by atoms with van der Waals surface area (Å²) < 4.78 is 5.39. The molecule has 0 amide bonds. The average molecular weight is 318 g/mol. The lowest BCUT2D eigenvalue weighted by molar-refractivity contribution is 0.0342. The molecule has 24 heavy (non-hydrogen) atoms. The van der Waals surface area contributed by atoms with Gasteiger partial charge in [-0.1, -0.05) is 43.0 Å². The molecule has 1 saturated heterocycles. The molecular weight excluding hydrogens is 296 g/mol. The van der Waals surface area contributed by atoms with Crippen LogP contribution in [0.5, 0.6) is 0 Å². The van der Waals surface area contributed by atoms with Crippen molar-refractivity contribution in [2.24, 2.45) is 0 Å². The highest BCUT2D eigenvalue weighted by Gasteiger charge is 2.12. The lowest BCUT2D eigenvalue weighted by Gasteiger charge is -2.26. The maximum Gasteiger partial charge on any atom is 0.0998 e. The highest BCUT2D eigenvalue weighted by atomic mass is 16.5. The molecule has 0 bridgehead atoms. The summed E-state index contributed by atoms with van der Waals surface area (Å²) in [6.07, 6.45) is 0. The fourth-order valence-corrected chi connectivity index (χ4v) is 3.00. The zero-order valence-electron chi connectivity index (χ0n) is 14.1. The first-order valence-corrected chi connectivity index (χ1v) is 8.27. The van der Waals surface area contributed by atoms with Gasteiger partial charge in [-0.25, -0.2) is 0 Å². The van der Waals surface area contributed by atoms with Crippen molar-refractivity contribution in [1.29, 1.82) is 5.26 Å². The maximum atomic E-state index is 9.36. The van der Waals surface area contributed by atoms with Crippen LogP contribution in [-0.4, -0.2) is 31.2 Å². The highest BCUT2D eigenvalue weighted by Crippen LogP contribution is 2.25. The van der Waals surface area contributed by atoms with E-state index in [1.807, 2.05) is 25.1 Å². The van der Waals surface area contributed by atoms with Gasteiger partial charge >= 0.3 is 0 Å². The van der Waals surface area contributed by atoms with Crippen molar-refractivity contribution in [1.82, 2.24) is 4.90 Å². The van der Waals surface area contributed by atoms with Crippen LogP contribution in [0.4, 0.5) is 0 Å². The zero-order valence-corrected chi connectivity index (χ0v) is 14.1. The van der Waals surface area contributed by atoms with Crippen LogP contribution in [0, 0.1) is 18.3 Å². The van der Waals surface area contributed by atoms with Gasteiger partial charge < -0.3 is 4.74 Å². The van der Waals surface area contributed by atoms with E-state index in [4.69, 9.17) is 4.74 Å². The van der Waals surface area contributed by atoms with Gasteiger partial charge in [0.1, 0.15) is 0 Å². The first kappa shape index (κ1) is 16.4. The molecule has 3 rings (SSSR count). The standard InChI is InChI=1S/C21H22N2O/c1-16-3-8-21(20(13-16)14-22)17(2)19-6-4-18(5-7-19)15-23-9-11-24-12-10-23/h3-8,13H,2,9-12,15H2,1H3. The van der Waals surface area contributed by atoms with E-state index in [0.29, 0.717) is 5.56 Å². The number of benzene rings is 2. The SMILES string of the molecule is C=C(c1ccc(CN2CCOCC2)cc1)c1ccc(C)cc1C#N. The predicted molar refractivity (Wildman–Crippen MR) is 96.6 cm³/mol. The van der Waals surface area contributed by atoms with Crippen LogP contribution >= 0.6 is 0 Å². The molecule has 0 unspecified atom stereocenters. The summed E-state index contributed by atoms with van der Waals surface area (Å²) >= 11 is 0. The molecule has 0 radical (unpaired) electrons. The second kappa shape index (κ2) is 7.44. The fourth-order valence-electron chi connectivity index (χ4n) is 3.00. The molecule has 2 aromatic rings. The van der Waals surface area contributed by atoms with E-state index in [0.717, 1.165) is 55.1 Å². The number of nitrogens with zero attached hydrogens (tertiary/aromatic N) is 2. The van der Waals surface area contributed by atoms with Gasteiger partial charge in [0.15, 0.2) is 0 Å². The third-order valence-corrected chi connectivity index (χ3v) is 4.43. The Morgan fingerprint density at radius 2 is 1.88 bits per heavy atom. The van der Waals surface area contributed by atoms with Gasteiger partial charge in [-0.15, -0.1) is 0 Å². The first-order chi connectivity index (χ1) is 11.7. The molecule has 0 saturated carbocycles. The summed E-state index contributed by atoms with van der Waals surface area (Å²) in [6.45, 7) is 10.8. The summed E-state index contributed by atoms with van der Waals surface area (Å²) in [5, 5.41) is 9.36. The minimum atomic E-state index is 0.678. The number of morpholine rings is 1. The van der Waals surface area contributed by atoms with Gasteiger partial charge in [-0.05, 0) is 40.8 Å². The Hall–Kier alpha value is -2.41. The van der Waals surface area contributed by atoms with E-state index in [1.165, 1.54) is 5.56 Å². The first-order valence-electron chi connectivity index (χ1n) is 8.27. The monoisotopic (exact) mass is 318 g/mol. The van der Waals surface area contributed by atoms with Crippen LogP contribution in [0.15, 0.2) is 49.0 Å². The molecule has 1 heterocycles. The van der Waals surface area contributed by atoms with Crippen molar-refractivity contribution in [3.63, 3.8) is 0 Å². The zero-order chi connectivity index (χ0) is 16.9. The lowest BCUT2D eigenvalue weighted by Crippen LogP contribution is -2.35. The van der Waals surface area contributed by atoms with Crippen molar-refractivity contribution < 1.29 is 4.74 Å². The van der Waals surface area contributed by atoms with Crippen molar-refractivity contribution in [2.75, 3.05) is 26.3 Å². The van der Waals surface area contributed by atoms with Crippen molar-refractivity contribution >= 4 is 5.57 Å². The number of rotatable bonds is 4. The fraction of sp³-hybridized carbons (Fsp3) is 0.286. The molecule has 1 fully saturated rings. The van der Waals surface area contributed by atoms with Gasteiger partial charge in [-0.2, -0.15) is 5.26 Å². The predicted octanol–water partition coefficient (Wildman–Crippen LogP) is 3.76. The third kappa shape index (κ3) is 3.73. The Labute approximate surface area is 143 Å². The maximum absolute atomic E-state index is 9.36. The normalized spacial score (nSPS) is 15.0. The minimum Gasteiger partial charge on any atom is -0.379 e. The molecule has 3 heteroatoms. The van der Waals surface area contributed by atoms with Crippen LogP contribution in [0.3, 0.4) is 0 Å². The van der Waals surface area contributed by atoms with Crippen molar-refractivity contribution in [2.45, 2.75) is 13.5 Å². The van der Waals surface area contributed by atoms with Gasteiger partial charge in [0.25, 0.3) is 0 Å². The van der Waals surface area contributed by atoms with Crippen LogP contribution in [0.1, 0.15) is 27.8 Å².